The SMILES string of the molecule is Nc1nc([O-])c2ncn([C@@H]3O[C@H](COP(=O)(O)OP(=O)([O-])O)[C@@H](O)[C@H]3O)c2n1.[Mg+2]. The molecule has 156 valence electrons. The minimum absolute atomic E-state index is 0. The van der Waals surface area contributed by atoms with Crippen LogP contribution in [-0.4, -0.2) is 87.5 Å². The molecule has 0 aromatic carbocycles. The van der Waals surface area contributed by atoms with Gasteiger partial charge < -0.3 is 40.5 Å². The second kappa shape index (κ2) is 8.66. The topological polar surface area (TPSA) is 258 Å². The van der Waals surface area contributed by atoms with E-state index >= 15 is 0 Å². The maximum absolute atomic E-state index is 11.7. The third-order valence-electron chi connectivity index (χ3n) is 3.63. The molecule has 0 amide bonds. The van der Waals surface area contributed by atoms with Crippen LogP contribution in [0.5, 0.6) is 5.88 Å². The molecule has 0 saturated carbocycles. The van der Waals surface area contributed by atoms with Crippen molar-refractivity contribution in [1.82, 2.24) is 19.5 Å². The fourth-order valence-electron chi connectivity index (χ4n) is 2.51. The Morgan fingerprint density at radius 1 is 1.28 bits per heavy atom. The summed E-state index contributed by atoms with van der Waals surface area (Å²) in [6, 6.07) is 0. The molecule has 0 radical (unpaired) electrons. The minimum Gasteiger partial charge on any atom is -0.857 e. The van der Waals surface area contributed by atoms with E-state index in [-0.39, 0.29) is 40.2 Å². The molecule has 2 aromatic rings. The summed E-state index contributed by atoms with van der Waals surface area (Å²) in [5.74, 6) is -1.14. The molecule has 3 heterocycles. The van der Waals surface area contributed by atoms with Crippen molar-refractivity contribution < 1.29 is 52.7 Å². The van der Waals surface area contributed by atoms with Gasteiger partial charge in [-0.15, -0.1) is 0 Å². The number of nitrogens with zero attached hydrogens (tertiary/aromatic N) is 4. The number of hydrogen-bond donors (Lipinski definition) is 5. The first-order chi connectivity index (χ1) is 12.9. The zero-order chi connectivity index (χ0) is 20.9. The number of anilines is 1. The van der Waals surface area contributed by atoms with Gasteiger partial charge >= 0.3 is 30.9 Å². The fraction of sp³-hybridized carbons (Fsp3) is 0.500. The van der Waals surface area contributed by atoms with Gasteiger partial charge in [0.25, 0.3) is 7.82 Å². The molecule has 2 aromatic heterocycles. The average molecular weight is 465 g/mol. The van der Waals surface area contributed by atoms with E-state index in [2.05, 4.69) is 23.8 Å². The van der Waals surface area contributed by atoms with Crippen molar-refractivity contribution in [2.45, 2.75) is 24.5 Å². The van der Waals surface area contributed by atoms with Crippen LogP contribution < -0.4 is 15.7 Å². The number of nitrogen functional groups attached to an aromatic ring is 1. The molecular formula is C10H13MgN5O11P2. The summed E-state index contributed by atoms with van der Waals surface area (Å²) in [7, 11) is -10.8. The second-order valence-corrected chi connectivity index (χ2v) is 8.36. The molecule has 2 unspecified atom stereocenters. The summed E-state index contributed by atoms with van der Waals surface area (Å²) < 4.78 is 36.2. The Hall–Kier alpha value is -0.944. The van der Waals surface area contributed by atoms with E-state index in [1.54, 1.807) is 0 Å². The van der Waals surface area contributed by atoms with Crippen LogP contribution in [0.2, 0.25) is 0 Å². The molecule has 6 atom stereocenters. The predicted molar refractivity (Wildman–Crippen MR) is 87.5 cm³/mol. The van der Waals surface area contributed by atoms with E-state index in [1.165, 1.54) is 0 Å². The molecule has 1 aliphatic rings. The number of aliphatic hydroxyl groups excluding tert-OH is 2. The molecule has 0 aliphatic carbocycles. The number of nitrogens with two attached hydrogens (primary N) is 1. The van der Waals surface area contributed by atoms with Crippen LogP contribution in [-0.2, 0) is 22.7 Å². The smallest absolute Gasteiger partial charge is 0.857 e. The molecule has 0 spiro atoms. The molecule has 29 heavy (non-hydrogen) atoms. The van der Waals surface area contributed by atoms with Gasteiger partial charge in [0.15, 0.2) is 11.9 Å². The first kappa shape index (κ1) is 24.3. The van der Waals surface area contributed by atoms with E-state index in [4.69, 9.17) is 15.4 Å². The number of phosphoric ester groups is 1. The monoisotopic (exact) mass is 465 g/mol. The number of imidazole rings is 1. The van der Waals surface area contributed by atoms with Gasteiger partial charge in [0.2, 0.25) is 5.95 Å². The number of rotatable bonds is 6. The van der Waals surface area contributed by atoms with Crippen molar-refractivity contribution in [2.75, 3.05) is 12.3 Å². The van der Waals surface area contributed by atoms with Crippen LogP contribution in [0, 0.1) is 0 Å². The predicted octanol–water partition coefficient (Wildman–Crippen LogP) is -3.69. The van der Waals surface area contributed by atoms with Crippen LogP contribution in [0.3, 0.4) is 0 Å². The van der Waals surface area contributed by atoms with Gasteiger partial charge in [0.1, 0.15) is 23.8 Å². The van der Waals surface area contributed by atoms with Crippen LogP contribution in [0.1, 0.15) is 6.23 Å². The average Bonchev–Trinajstić information content (AvgIpc) is 3.06. The summed E-state index contributed by atoms with van der Waals surface area (Å²) in [5, 5.41) is 32.0. The van der Waals surface area contributed by atoms with Gasteiger partial charge in [-0.3, -0.25) is 13.7 Å². The number of hydrogen-bond acceptors (Lipinski definition) is 13. The Balaban J connectivity index is 0.00000300. The Kier molecular flexibility index (Phi) is 7.26. The second-order valence-electron chi connectivity index (χ2n) is 5.57. The number of fused-ring (bicyclic) bond motifs is 1. The Morgan fingerprint density at radius 2 is 1.93 bits per heavy atom. The summed E-state index contributed by atoms with van der Waals surface area (Å²) >= 11 is 0. The molecular weight excluding hydrogens is 452 g/mol. The molecule has 19 heteroatoms. The minimum atomic E-state index is -5.57. The van der Waals surface area contributed by atoms with Crippen molar-refractivity contribution in [3.63, 3.8) is 0 Å². The quantitative estimate of drug-likeness (QED) is 0.203. The van der Waals surface area contributed by atoms with Gasteiger partial charge in [-0.1, -0.05) is 0 Å². The molecule has 0 bridgehead atoms. The van der Waals surface area contributed by atoms with Crippen molar-refractivity contribution >= 4 is 55.8 Å². The summed E-state index contributed by atoms with van der Waals surface area (Å²) in [6.07, 6.45) is -5.01. The maximum atomic E-state index is 11.7. The third kappa shape index (κ3) is 5.41. The largest absolute Gasteiger partial charge is 2.00 e. The van der Waals surface area contributed by atoms with E-state index in [0.717, 1.165) is 10.9 Å². The number of ether oxygens (including phenoxy) is 1. The van der Waals surface area contributed by atoms with Crippen molar-refractivity contribution in [3.8, 4) is 5.88 Å². The van der Waals surface area contributed by atoms with Crippen LogP contribution >= 0.6 is 15.6 Å². The van der Waals surface area contributed by atoms with E-state index in [1.807, 2.05) is 0 Å². The van der Waals surface area contributed by atoms with Crippen molar-refractivity contribution in [3.05, 3.63) is 6.33 Å². The van der Waals surface area contributed by atoms with E-state index < -0.39 is 52.7 Å². The Labute approximate surface area is 177 Å². The standard InChI is InChI=1S/C10H15N5O11P2.Mg/c11-10-13-7-4(8(18)14-10)12-2-15(7)9-6(17)5(16)3(25-9)1-24-28(22,23)26-27(19,20)21;/h2-3,5-6,9,16-17H,1H2,(H,22,23)(H2,19,20,21)(H3,11,13,14,18);/q;+2/p-2/t3-,5-,6-,9-;/m1./s1. The maximum Gasteiger partial charge on any atom is 2.00 e. The number of aromatic nitrogens is 4. The fourth-order valence-corrected chi connectivity index (χ4v) is 4.08. The van der Waals surface area contributed by atoms with Gasteiger partial charge in [0, 0.05) is 5.88 Å². The Morgan fingerprint density at radius 3 is 2.55 bits per heavy atom. The molecule has 1 fully saturated rings. The van der Waals surface area contributed by atoms with E-state index in [0.29, 0.717) is 0 Å². The van der Waals surface area contributed by atoms with E-state index in [9.17, 15) is 34.2 Å². The van der Waals surface area contributed by atoms with Crippen molar-refractivity contribution in [1.29, 1.82) is 0 Å². The zero-order valence-corrected chi connectivity index (χ0v) is 17.4. The molecule has 6 N–H and O–H groups in total. The first-order valence-electron chi connectivity index (χ1n) is 7.29. The number of aliphatic hydroxyl groups is 2. The molecule has 3 rings (SSSR count). The van der Waals surface area contributed by atoms with Crippen molar-refractivity contribution in [2.24, 2.45) is 0 Å². The first-order valence-corrected chi connectivity index (χ1v) is 10.3. The van der Waals surface area contributed by atoms with Crippen LogP contribution in [0.15, 0.2) is 6.33 Å². The number of phosphoric acid groups is 2. The Bertz CT molecular complexity index is 984. The van der Waals surface area contributed by atoms with Gasteiger partial charge in [0.05, 0.1) is 12.9 Å². The van der Waals surface area contributed by atoms with Crippen LogP contribution in [0.25, 0.3) is 11.2 Å². The summed E-state index contributed by atoms with van der Waals surface area (Å²) in [4.78, 5) is 39.2. The normalized spacial score (nSPS) is 28.6. The zero-order valence-electron chi connectivity index (χ0n) is 14.2. The molecule has 1 aliphatic heterocycles. The molecule has 16 nitrogen and oxygen atoms in total. The summed E-state index contributed by atoms with van der Waals surface area (Å²) in [5.41, 5.74) is 5.13. The summed E-state index contributed by atoms with van der Waals surface area (Å²) in [6.45, 7) is -0.904. The third-order valence-corrected chi connectivity index (χ3v) is 5.75. The van der Waals surface area contributed by atoms with Gasteiger partial charge in [-0.2, -0.15) is 4.98 Å². The van der Waals surface area contributed by atoms with Crippen LogP contribution in [0.4, 0.5) is 5.95 Å². The van der Waals surface area contributed by atoms with Gasteiger partial charge in [-0.25, -0.2) is 18.8 Å². The van der Waals surface area contributed by atoms with Gasteiger partial charge in [-0.05, 0) is 0 Å². The molecule has 1 saturated heterocycles.